The van der Waals surface area contributed by atoms with Crippen LogP contribution in [0.15, 0.2) is 41.8 Å². The van der Waals surface area contributed by atoms with E-state index in [9.17, 15) is 12.8 Å². The Kier molecular flexibility index (Phi) is 3.96. The van der Waals surface area contributed by atoms with Gasteiger partial charge in [0, 0.05) is 25.5 Å². The zero-order valence-electron chi connectivity index (χ0n) is 10.4. The second-order valence-electron chi connectivity index (χ2n) is 4.11. The Balaban J connectivity index is 2.05. The number of aryl methyl sites for hydroxylation is 1. The molecule has 1 aromatic heterocycles. The first-order valence-corrected chi connectivity index (χ1v) is 7.19. The van der Waals surface area contributed by atoms with Gasteiger partial charge >= 0.3 is 0 Å². The topological polar surface area (TPSA) is 64.0 Å². The van der Waals surface area contributed by atoms with Crippen molar-refractivity contribution in [2.45, 2.75) is 18.4 Å². The van der Waals surface area contributed by atoms with Gasteiger partial charge in [-0.2, -0.15) is 0 Å². The zero-order valence-corrected chi connectivity index (χ0v) is 11.2. The number of nitrogens with zero attached hydrogens (tertiary/aromatic N) is 2. The Labute approximate surface area is 111 Å². The smallest absolute Gasteiger partial charge is 0.240 e. The second kappa shape index (κ2) is 5.50. The maximum atomic E-state index is 12.9. The van der Waals surface area contributed by atoms with Crippen molar-refractivity contribution in [1.82, 2.24) is 14.3 Å². The fourth-order valence-electron chi connectivity index (χ4n) is 1.72. The molecule has 5 nitrogen and oxygen atoms in total. The lowest BCUT2D eigenvalue weighted by Gasteiger charge is -2.09. The van der Waals surface area contributed by atoms with Crippen LogP contribution in [-0.2, 0) is 16.6 Å². The highest BCUT2D eigenvalue weighted by atomic mass is 32.2. The van der Waals surface area contributed by atoms with Crippen LogP contribution in [0.25, 0.3) is 0 Å². The standard InChI is InChI=1S/C12H14FN3O2S/c1-10-8-11(13)2-3-12(10)19(17,18)15-5-7-16-6-4-14-9-16/h2-4,6,8-9,15H,5,7H2,1H3. The van der Waals surface area contributed by atoms with Crippen molar-refractivity contribution in [1.29, 1.82) is 0 Å². The predicted molar refractivity (Wildman–Crippen MR) is 68.6 cm³/mol. The number of imidazole rings is 1. The molecule has 102 valence electrons. The highest BCUT2D eigenvalue weighted by molar-refractivity contribution is 7.89. The molecule has 0 spiro atoms. The third-order valence-corrected chi connectivity index (χ3v) is 4.27. The van der Waals surface area contributed by atoms with Gasteiger partial charge in [-0.3, -0.25) is 0 Å². The molecule has 1 N–H and O–H groups in total. The van der Waals surface area contributed by atoms with Crippen molar-refractivity contribution in [2.24, 2.45) is 0 Å². The van der Waals surface area contributed by atoms with Gasteiger partial charge in [-0.1, -0.05) is 0 Å². The summed E-state index contributed by atoms with van der Waals surface area (Å²) >= 11 is 0. The maximum absolute atomic E-state index is 12.9. The number of hydrogen-bond acceptors (Lipinski definition) is 3. The molecule has 0 aliphatic carbocycles. The van der Waals surface area contributed by atoms with Crippen LogP contribution in [0.5, 0.6) is 0 Å². The minimum Gasteiger partial charge on any atom is -0.336 e. The van der Waals surface area contributed by atoms with Gasteiger partial charge in [-0.05, 0) is 30.7 Å². The lowest BCUT2D eigenvalue weighted by atomic mass is 10.2. The SMILES string of the molecule is Cc1cc(F)ccc1S(=O)(=O)NCCn1ccnc1. The van der Waals surface area contributed by atoms with Crippen molar-refractivity contribution in [3.63, 3.8) is 0 Å². The van der Waals surface area contributed by atoms with Gasteiger partial charge < -0.3 is 4.57 Å². The molecule has 19 heavy (non-hydrogen) atoms. The summed E-state index contributed by atoms with van der Waals surface area (Å²) in [6, 6.07) is 3.60. The molecule has 0 bridgehead atoms. The van der Waals surface area contributed by atoms with Crippen molar-refractivity contribution in [2.75, 3.05) is 6.54 Å². The van der Waals surface area contributed by atoms with Crippen LogP contribution in [0.1, 0.15) is 5.56 Å². The third kappa shape index (κ3) is 3.39. The van der Waals surface area contributed by atoms with E-state index in [1.165, 1.54) is 12.1 Å². The van der Waals surface area contributed by atoms with Gasteiger partial charge in [0.2, 0.25) is 10.0 Å². The van der Waals surface area contributed by atoms with Crippen molar-refractivity contribution < 1.29 is 12.8 Å². The summed E-state index contributed by atoms with van der Waals surface area (Å²) < 4.78 is 41.3. The minimum atomic E-state index is -3.61. The molecule has 0 atom stereocenters. The first-order chi connectivity index (χ1) is 8.99. The van der Waals surface area contributed by atoms with Crippen molar-refractivity contribution in [3.05, 3.63) is 48.3 Å². The Morgan fingerprint density at radius 3 is 2.84 bits per heavy atom. The molecule has 2 rings (SSSR count). The lowest BCUT2D eigenvalue weighted by Crippen LogP contribution is -2.27. The molecule has 0 saturated carbocycles. The van der Waals surface area contributed by atoms with E-state index in [0.29, 0.717) is 12.1 Å². The molecular formula is C12H14FN3O2S. The van der Waals surface area contributed by atoms with Gasteiger partial charge in [0.15, 0.2) is 0 Å². The van der Waals surface area contributed by atoms with Crippen LogP contribution >= 0.6 is 0 Å². The molecule has 0 fully saturated rings. The normalized spacial score (nSPS) is 11.7. The van der Waals surface area contributed by atoms with E-state index >= 15 is 0 Å². The number of aromatic nitrogens is 2. The summed E-state index contributed by atoms with van der Waals surface area (Å²) in [5, 5.41) is 0. The van der Waals surface area contributed by atoms with Crippen molar-refractivity contribution >= 4 is 10.0 Å². The molecule has 2 aromatic rings. The quantitative estimate of drug-likeness (QED) is 0.900. The molecule has 0 amide bonds. The van der Waals surface area contributed by atoms with Crippen LogP contribution < -0.4 is 4.72 Å². The lowest BCUT2D eigenvalue weighted by molar-refractivity contribution is 0.571. The molecule has 0 unspecified atom stereocenters. The summed E-state index contributed by atoms with van der Waals surface area (Å²) in [6.45, 7) is 2.29. The Morgan fingerprint density at radius 2 is 2.21 bits per heavy atom. The van der Waals surface area contributed by atoms with E-state index in [4.69, 9.17) is 0 Å². The van der Waals surface area contributed by atoms with Crippen LogP contribution in [0.3, 0.4) is 0 Å². The van der Waals surface area contributed by atoms with E-state index in [1.54, 1.807) is 30.2 Å². The van der Waals surface area contributed by atoms with E-state index < -0.39 is 15.8 Å². The highest BCUT2D eigenvalue weighted by Crippen LogP contribution is 2.15. The van der Waals surface area contributed by atoms with Gasteiger partial charge in [0.05, 0.1) is 11.2 Å². The van der Waals surface area contributed by atoms with Crippen LogP contribution in [-0.4, -0.2) is 24.5 Å². The largest absolute Gasteiger partial charge is 0.336 e. The zero-order chi connectivity index (χ0) is 13.9. The first-order valence-electron chi connectivity index (χ1n) is 5.70. The summed E-state index contributed by atoms with van der Waals surface area (Å²) in [4.78, 5) is 3.96. The maximum Gasteiger partial charge on any atom is 0.240 e. The summed E-state index contributed by atoms with van der Waals surface area (Å²) in [5.74, 6) is -0.449. The monoisotopic (exact) mass is 283 g/mol. The molecular weight excluding hydrogens is 269 g/mol. The van der Waals surface area contributed by atoms with Crippen molar-refractivity contribution in [3.8, 4) is 0 Å². The Morgan fingerprint density at radius 1 is 1.42 bits per heavy atom. The summed E-state index contributed by atoms with van der Waals surface area (Å²) in [7, 11) is -3.61. The second-order valence-corrected chi connectivity index (χ2v) is 5.84. The molecule has 1 heterocycles. The minimum absolute atomic E-state index is 0.0968. The summed E-state index contributed by atoms with van der Waals surface area (Å²) in [5.41, 5.74) is 0.384. The first kappa shape index (κ1) is 13.7. The average Bonchev–Trinajstić information content (AvgIpc) is 2.81. The van der Waals surface area contributed by atoms with E-state index in [2.05, 4.69) is 9.71 Å². The third-order valence-electron chi connectivity index (χ3n) is 2.65. The van der Waals surface area contributed by atoms with Gasteiger partial charge in [-0.25, -0.2) is 22.5 Å². The van der Waals surface area contributed by atoms with Gasteiger partial charge in [0.1, 0.15) is 5.82 Å². The van der Waals surface area contributed by atoms with Gasteiger partial charge in [-0.15, -0.1) is 0 Å². The van der Waals surface area contributed by atoms with Crippen LogP contribution in [0.2, 0.25) is 0 Å². The molecule has 0 aliphatic rings. The van der Waals surface area contributed by atoms with Gasteiger partial charge in [0.25, 0.3) is 0 Å². The Hall–Kier alpha value is -1.73. The summed E-state index contributed by atoms with van der Waals surface area (Å²) in [6.07, 6.45) is 4.98. The number of benzene rings is 1. The number of halogens is 1. The average molecular weight is 283 g/mol. The van der Waals surface area contributed by atoms with Crippen LogP contribution in [0.4, 0.5) is 4.39 Å². The molecule has 0 saturated heterocycles. The van der Waals surface area contributed by atoms with Crippen LogP contribution in [0, 0.1) is 12.7 Å². The fraction of sp³-hybridized carbons (Fsp3) is 0.250. The Bertz CT molecular complexity index is 654. The highest BCUT2D eigenvalue weighted by Gasteiger charge is 2.16. The van der Waals surface area contributed by atoms with E-state index in [1.807, 2.05) is 0 Å². The number of rotatable bonds is 5. The molecule has 1 aromatic carbocycles. The molecule has 0 aliphatic heterocycles. The van der Waals surface area contributed by atoms with E-state index in [-0.39, 0.29) is 11.4 Å². The molecule has 0 radical (unpaired) electrons. The van der Waals surface area contributed by atoms with E-state index in [0.717, 1.165) is 6.07 Å². The fourth-order valence-corrected chi connectivity index (χ4v) is 2.97. The predicted octanol–water partition coefficient (Wildman–Crippen LogP) is 1.31. The molecule has 7 heteroatoms. The number of hydrogen-bond donors (Lipinski definition) is 1. The number of sulfonamides is 1. The number of nitrogens with one attached hydrogen (secondary N) is 1.